The van der Waals surface area contributed by atoms with Crippen molar-refractivity contribution >= 4 is 21.6 Å². The number of hydrogen-bond donors (Lipinski definition) is 1. The first-order valence-electron chi connectivity index (χ1n) is 6.39. The lowest BCUT2D eigenvalue weighted by Gasteiger charge is -2.09. The van der Waals surface area contributed by atoms with Crippen molar-refractivity contribution in [2.45, 2.75) is 19.9 Å². The molecule has 0 spiro atoms. The molecule has 2 aromatic rings. The predicted molar refractivity (Wildman–Crippen MR) is 79.3 cm³/mol. The average molecular weight is 358 g/mol. The fourth-order valence-corrected chi connectivity index (χ4v) is 2.12. The van der Waals surface area contributed by atoms with E-state index in [4.69, 9.17) is 9.26 Å². The molecule has 9 heteroatoms. The Kier molecular flexibility index (Phi) is 5.45. The Hall–Kier alpha value is -1.74. The van der Waals surface area contributed by atoms with E-state index in [9.17, 15) is 4.79 Å². The molecule has 1 N–H and O–H groups in total. The molecule has 0 atom stereocenters. The molecule has 0 saturated heterocycles. The number of anilines is 1. The van der Waals surface area contributed by atoms with Gasteiger partial charge in [0.15, 0.2) is 5.82 Å². The van der Waals surface area contributed by atoms with E-state index in [2.05, 4.69) is 36.5 Å². The van der Waals surface area contributed by atoms with Gasteiger partial charge < -0.3 is 14.6 Å². The summed E-state index contributed by atoms with van der Waals surface area (Å²) in [5.41, 5.74) is 0.432. The molecule has 2 heterocycles. The number of hydrogen-bond acceptors (Lipinski definition) is 7. The Morgan fingerprint density at radius 1 is 1.52 bits per heavy atom. The molecule has 0 amide bonds. The number of aromatic nitrogens is 4. The Balaban J connectivity index is 1.97. The third-order valence-electron chi connectivity index (χ3n) is 2.73. The minimum Gasteiger partial charge on any atom is -0.383 e. The van der Waals surface area contributed by atoms with Gasteiger partial charge >= 0.3 is 0 Å². The molecular weight excluding hydrogens is 342 g/mol. The first-order valence-corrected chi connectivity index (χ1v) is 7.18. The highest BCUT2D eigenvalue weighted by Crippen LogP contribution is 2.15. The first-order chi connectivity index (χ1) is 10.1. The molecule has 0 unspecified atom stereocenters. The minimum atomic E-state index is -0.201. The lowest BCUT2D eigenvalue weighted by molar-refractivity contribution is 0.181. The van der Waals surface area contributed by atoms with Crippen molar-refractivity contribution in [1.29, 1.82) is 0 Å². The Morgan fingerprint density at radius 3 is 3.00 bits per heavy atom. The van der Waals surface area contributed by atoms with E-state index in [0.717, 1.165) is 0 Å². The van der Waals surface area contributed by atoms with Gasteiger partial charge in [0, 0.05) is 27.0 Å². The van der Waals surface area contributed by atoms with Crippen molar-refractivity contribution in [1.82, 2.24) is 19.9 Å². The van der Waals surface area contributed by atoms with E-state index in [1.165, 1.54) is 4.68 Å². The molecule has 21 heavy (non-hydrogen) atoms. The molecule has 0 aliphatic rings. The third-order valence-corrected chi connectivity index (χ3v) is 3.49. The van der Waals surface area contributed by atoms with Crippen molar-refractivity contribution < 1.29 is 9.26 Å². The fourth-order valence-electron chi connectivity index (χ4n) is 1.68. The first kappa shape index (κ1) is 15.6. The van der Waals surface area contributed by atoms with Crippen molar-refractivity contribution in [3.8, 4) is 0 Å². The standard InChI is InChI=1S/C12H16BrN5O3/c1-8-16-10(17-21-8)3-4-14-9-7-15-18(5-6-20-2)12(19)11(9)13/h7,14H,3-6H2,1-2H3. The van der Waals surface area contributed by atoms with Gasteiger partial charge in [-0.25, -0.2) is 4.68 Å². The van der Waals surface area contributed by atoms with Crippen LogP contribution in [0.3, 0.4) is 0 Å². The smallest absolute Gasteiger partial charge is 0.283 e. The van der Waals surface area contributed by atoms with E-state index in [-0.39, 0.29) is 5.56 Å². The van der Waals surface area contributed by atoms with Gasteiger partial charge in [-0.1, -0.05) is 5.16 Å². The molecular formula is C12H16BrN5O3. The number of aryl methyl sites for hydroxylation is 1. The number of rotatable bonds is 7. The number of methoxy groups -OCH3 is 1. The Bertz CT molecular complexity index is 655. The summed E-state index contributed by atoms with van der Waals surface area (Å²) in [4.78, 5) is 16.2. The number of nitrogens with zero attached hydrogens (tertiary/aromatic N) is 4. The zero-order valence-corrected chi connectivity index (χ0v) is 13.4. The van der Waals surface area contributed by atoms with E-state index in [0.29, 0.717) is 48.0 Å². The lowest BCUT2D eigenvalue weighted by atomic mass is 10.3. The second kappa shape index (κ2) is 7.32. The van der Waals surface area contributed by atoms with Crippen molar-refractivity contribution in [3.05, 3.63) is 32.7 Å². The average Bonchev–Trinajstić information content (AvgIpc) is 2.88. The van der Waals surface area contributed by atoms with Gasteiger partial charge in [-0.3, -0.25) is 4.79 Å². The largest absolute Gasteiger partial charge is 0.383 e. The highest BCUT2D eigenvalue weighted by molar-refractivity contribution is 9.10. The lowest BCUT2D eigenvalue weighted by Crippen LogP contribution is -2.26. The second-order valence-corrected chi connectivity index (χ2v) is 5.09. The van der Waals surface area contributed by atoms with Crippen molar-refractivity contribution in [2.75, 3.05) is 25.6 Å². The summed E-state index contributed by atoms with van der Waals surface area (Å²) in [5.74, 6) is 1.16. The SMILES string of the molecule is COCCn1ncc(NCCc2noc(C)n2)c(Br)c1=O. The Morgan fingerprint density at radius 2 is 2.33 bits per heavy atom. The van der Waals surface area contributed by atoms with Gasteiger partial charge in [-0.15, -0.1) is 0 Å². The molecule has 0 aliphatic carbocycles. The zero-order chi connectivity index (χ0) is 15.2. The van der Waals surface area contributed by atoms with Gasteiger partial charge in [-0.2, -0.15) is 10.1 Å². The molecule has 0 fully saturated rings. The van der Waals surface area contributed by atoms with Crippen LogP contribution < -0.4 is 10.9 Å². The van der Waals surface area contributed by atoms with Crippen LogP contribution in [0.4, 0.5) is 5.69 Å². The normalized spacial score (nSPS) is 10.8. The number of halogens is 1. The van der Waals surface area contributed by atoms with Gasteiger partial charge in [-0.05, 0) is 15.9 Å². The minimum absolute atomic E-state index is 0.201. The summed E-state index contributed by atoms with van der Waals surface area (Å²) in [6.45, 7) is 3.16. The zero-order valence-electron chi connectivity index (χ0n) is 11.8. The van der Waals surface area contributed by atoms with Gasteiger partial charge in [0.1, 0.15) is 4.47 Å². The van der Waals surface area contributed by atoms with Gasteiger partial charge in [0.05, 0.1) is 25.0 Å². The molecule has 0 aromatic carbocycles. The predicted octanol–water partition coefficient (Wildman–Crippen LogP) is 0.998. The summed E-state index contributed by atoms with van der Waals surface area (Å²) in [5, 5.41) is 11.0. The molecule has 0 aliphatic heterocycles. The molecule has 0 radical (unpaired) electrons. The van der Waals surface area contributed by atoms with Crippen LogP contribution in [0, 0.1) is 6.92 Å². The highest BCUT2D eigenvalue weighted by Gasteiger charge is 2.09. The second-order valence-electron chi connectivity index (χ2n) is 4.30. The molecule has 0 bridgehead atoms. The molecule has 114 valence electrons. The highest BCUT2D eigenvalue weighted by atomic mass is 79.9. The van der Waals surface area contributed by atoms with E-state index >= 15 is 0 Å². The summed E-state index contributed by atoms with van der Waals surface area (Å²) >= 11 is 3.29. The van der Waals surface area contributed by atoms with Gasteiger partial charge in [0.25, 0.3) is 5.56 Å². The van der Waals surface area contributed by atoms with Crippen LogP contribution in [-0.2, 0) is 17.7 Å². The summed E-state index contributed by atoms with van der Waals surface area (Å²) < 4.78 is 11.6. The van der Waals surface area contributed by atoms with Crippen LogP contribution in [0.5, 0.6) is 0 Å². The van der Waals surface area contributed by atoms with E-state index in [1.807, 2.05) is 0 Å². The topological polar surface area (TPSA) is 95.1 Å². The van der Waals surface area contributed by atoms with Gasteiger partial charge in [0.2, 0.25) is 5.89 Å². The monoisotopic (exact) mass is 357 g/mol. The van der Waals surface area contributed by atoms with E-state index in [1.54, 1.807) is 20.2 Å². The van der Waals surface area contributed by atoms with Crippen LogP contribution >= 0.6 is 15.9 Å². The van der Waals surface area contributed by atoms with Crippen molar-refractivity contribution in [3.63, 3.8) is 0 Å². The van der Waals surface area contributed by atoms with E-state index < -0.39 is 0 Å². The van der Waals surface area contributed by atoms with Crippen molar-refractivity contribution in [2.24, 2.45) is 0 Å². The molecule has 0 saturated carbocycles. The fraction of sp³-hybridized carbons (Fsp3) is 0.500. The molecule has 2 rings (SSSR count). The van der Waals surface area contributed by atoms with Crippen LogP contribution in [0.15, 0.2) is 20.0 Å². The summed E-state index contributed by atoms with van der Waals surface area (Å²) in [6, 6.07) is 0. The van der Waals surface area contributed by atoms with Crippen LogP contribution in [-0.4, -0.2) is 40.2 Å². The maximum Gasteiger partial charge on any atom is 0.283 e. The summed E-state index contributed by atoms with van der Waals surface area (Å²) in [6.07, 6.45) is 2.19. The van der Waals surface area contributed by atoms with Crippen LogP contribution in [0.2, 0.25) is 0 Å². The number of ether oxygens (including phenoxy) is 1. The van der Waals surface area contributed by atoms with Crippen LogP contribution in [0.1, 0.15) is 11.7 Å². The number of nitrogens with one attached hydrogen (secondary N) is 1. The molecule has 2 aromatic heterocycles. The van der Waals surface area contributed by atoms with Crippen LogP contribution in [0.25, 0.3) is 0 Å². The summed E-state index contributed by atoms with van der Waals surface area (Å²) in [7, 11) is 1.58. The maximum atomic E-state index is 12.1. The quantitative estimate of drug-likeness (QED) is 0.789. The third kappa shape index (κ3) is 4.11. The molecule has 8 nitrogen and oxygen atoms in total. The maximum absolute atomic E-state index is 12.1. The Labute approximate surface area is 129 Å².